The van der Waals surface area contributed by atoms with Crippen molar-refractivity contribution < 1.29 is 9.59 Å². The summed E-state index contributed by atoms with van der Waals surface area (Å²) in [6.07, 6.45) is 3.88. The number of Topliss-reactive ketones (excluding diaryl/α,β-unsaturated/α-hetero) is 1. The molecule has 0 bridgehead atoms. The molecular formula is C8H12O2. The van der Waals surface area contributed by atoms with Gasteiger partial charge in [-0.1, -0.05) is 6.08 Å². The number of allylic oxidation sites excluding steroid dienone is 2. The van der Waals surface area contributed by atoms with Gasteiger partial charge in [0.05, 0.1) is 0 Å². The molecule has 0 unspecified atom stereocenters. The number of rotatable bonds is 4. The third-order valence-electron chi connectivity index (χ3n) is 1.08. The van der Waals surface area contributed by atoms with Gasteiger partial charge in [-0.25, -0.2) is 0 Å². The Balaban J connectivity index is 3.50. The molecule has 0 aromatic carbocycles. The molecule has 0 amide bonds. The van der Waals surface area contributed by atoms with E-state index in [0.29, 0.717) is 12.8 Å². The zero-order valence-corrected chi connectivity index (χ0v) is 6.39. The van der Waals surface area contributed by atoms with Crippen LogP contribution in [-0.2, 0) is 9.59 Å². The Morgan fingerprint density at radius 3 is 2.30 bits per heavy atom. The molecule has 56 valence electrons. The first-order valence-electron chi connectivity index (χ1n) is 3.31. The second-order valence-corrected chi connectivity index (χ2v) is 2.17. The first-order chi connectivity index (χ1) is 4.66. The molecule has 0 aliphatic heterocycles. The summed E-state index contributed by atoms with van der Waals surface area (Å²) in [6.45, 7) is 3.27. The lowest BCUT2D eigenvalue weighted by Gasteiger charge is -1.89. The van der Waals surface area contributed by atoms with Crippen molar-refractivity contribution in [2.24, 2.45) is 0 Å². The highest BCUT2D eigenvalue weighted by molar-refractivity contribution is 5.92. The molecule has 0 atom stereocenters. The SMILES string of the molecule is C/C=C/C(=O)CCC(C)=O. The van der Waals surface area contributed by atoms with Crippen LogP contribution in [0.3, 0.4) is 0 Å². The van der Waals surface area contributed by atoms with E-state index >= 15 is 0 Å². The van der Waals surface area contributed by atoms with Crippen LogP contribution in [0.25, 0.3) is 0 Å². The fourth-order valence-corrected chi connectivity index (χ4v) is 0.568. The summed E-state index contributed by atoms with van der Waals surface area (Å²) in [4.78, 5) is 21.1. The van der Waals surface area contributed by atoms with Gasteiger partial charge in [0.15, 0.2) is 5.78 Å². The van der Waals surface area contributed by atoms with Crippen LogP contribution in [0, 0.1) is 0 Å². The summed E-state index contributed by atoms with van der Waals surface area (Å²) < 4.78 is 0. The van der Waals surface area contributed by atoms with Crippen LogP contribution in [0.4, 0.5) is 0 Å². The topological polar surface area (TPSA) is 34.1 Å². The Morgan fingerprint density at radius 1 is 1.30 bits per heavy atom. The van der Waals surface area contributed by atoms with Crippen molar-refractivity contribution in [1.29, 1.82) is 0 Å². The molecule has 2 nitrogen and oxygen atoms in total. The molecule has 0 radical (unpaired) electrons. The Labute approximate surface area is 60.9 Å². The maximum Gasteiger partial charge on any atom is 0.155 e. The molecule has 0 saturated heterocycles. The number of carbonyl (C=O) groups is 2. The molecule has 0 rings (SSSR count). The maximum absolute atomic E-state index is 10.7. The Hall–Kier alpha value is -0.920. The molecule has 0 heterocycles. The molecule has 0 spiro atoms. The standard InChI is InChI=1S/C8H12O2/c1-3-4-8(10)6-5-7(2)9/h3-4H,5-6H2,1-2H3/b4-3+. The predicted octanol–water partition coefficient (Wildman–Crippen LogP) is 1.50. The van der Waals surface area contributed by atoms with Gasteiger partial charge in [0.1, 0.15) is 5.78 Å². The minimum absolute atomic E-state index is 0.0256. The van der Waals surface area contributed by atoms with Gasteiger partial charge in [-0.05, 0) is 19.9 Å². The van der Waals surface area contributed by atoms with Crippen LogP contribution in [0.5, 0.6) is 0 Å². The average Bonchev–Trinajstić information content (AvgIpc) is 1.85. The van der Waals surface area contributed by atoms with Crippen LogP contribution in [0.2, 0.25) is 0 Å². The molecular weight excluding hydrogens is 128 g/mol. The van der Waals surface area contributed by atoms with Gasteiger partial charge in [0.25, 0.3) is 0 Å². The van der Waals surface area contributed by atoms with Crippen LogP contribution in [-0.4, -0.2) is 11.6 Å². The highest BCUT2D eigenvalue weighted by Crippen LogP contribution is 1.92. The number of hydrogen-bond acceptors (Lipinski definition) is 2. The summed E-state index contributed by atoms with van der Waals surface area (Å²) in [5.41, 5.74) is 0. The van der Waals surface area contributed by atoms with E-state index in [-0.39, 0.29) is 11.6 Å². The van der Waals surface area contributed by atoms with Gasteiger partial charge in [-0.3, -0.25) is 4.79 Å². The van der Waals surface area contributed by atoms with Gasteiger partial charge >= 0.3 is 0 Å². The number of hydrogen-bond donors (Lipinski definition) is 0. The summed E-state index contributed by atoms with van der Waals surface area (Å²) >= 11 is 0. The molecule has 0 aromatic heterocycles. The van der Waals surface area contributed by atoms with E-state index in [1.54, 1.807) is 13.0 Å². The lowest BCUT2D eigenvalue weighted by Crippen LogP contribution is -1.97. The third-order valence-corrected chi connectivity index (χ3v) is 1.08. The normalized spacial score (nSPS) is 10.2. The highest BCUT2D eigenvalue weighted by Gasteiger charge is 1.97. The molecule has 0 fully saturated rings. The summed E-state index contributed by atoms with van der Waals surface area (Å²) in [7, 11) is 0. The molecule has 0 N–H and O–H groups in total. The van der Waals surface area contributed by atoms with E-state index < -0.39 is 0 Å². The first-order valence-corrected chi connectivity index (χ1v) is 3.31. The minimum Gasteiger partial charge on any atom is -0.300 e. The third kappa shape index (κ3) is 5.22. The van der Waals surface area contributed by atoms with Crippen LogP contribution < -0.4 is 0 Å². The van der Waals surface area contributed by atoms with Gasteiger partial charge in [0.2, 0.25) is 0 Å². The molecule has 0 aliphatic carbocycles. The van der Waals surface area contributed by atoms with Crippen molar-refractivity contribution in [3.8, 4) is 0 Å². The minimum atomic E-state index is 0.0256. The van der Waals surface area contributed by atoms with Crippen molar-refractivity contribution in [2.75, 3.05) is 0 Å². The second kappa shape index (κ2) is 4.91. The number of ketones is 2. The van der Waals surface area contributed by atoms with E-state index in [0.717, 1.165) is 0 Å². The van der Waals surface area contributed by atoms with Crippen LogP contribution in [0.15, 0.2) is 12.2 Å². The lowest BCUT2D eigenvalue weighted by atomic mass is 10.2. The summed E-state index contributed by atoms with van der Waals surface area (Å²) in [5.74, 6) is 0.0931. The molecule has 0 aliphatic rings. The van der Waals surface area contributed by atoms with E-state index in [4.69, 9.17) is 0 Å². The van der Waals surface area contributed by atoms with Crippen molar-refractivity contribution in [1.82, 2.24) is 0 Å². The van der Waals surface area contributed by atoms with E-state index in [9.17, 15) is 9.59 Å². The summed E-state index contributed by atoms with van der Waals surface area (Å²) in [6, 6.07) is 0. The van der Waals surface area contributed by atoms with Gasteiger partial charge in [-0.15, -0.1) is 0 Å². The van der Waals surface area contributed by atoms with Gasteiger partial charge < -0.3 is 4.79 Å². The smallest absolute Gasteiger partial charge is 0.155 e. The van der Waals surface area contributed by atoms with Crippen molar-refractivity contribution in [3.05, 3.63) is 12.2 Å². The average molecular weight is 140 g/mol. The van der Waals surface area contributed by atoms with Crippen LogP contribution >= 0.6 is 0 Å². The molecule has 0 aromatic rings. The zero-order chi connectivity index (χ0) is 7.98. The largest absolute Gasteiger partial charge is 0.300 e. The van der Waals surface area contributed by atoms with E-state index in [2.05, 4.69) is 0 Å². The quantitative estimate of drug-likeness (QED) is 0.554. The Bertz CT molecular complexity index is 157. The fourth-order valence-electron chi connectivity index (χ4n) is 0.568. The monoisotopic (exact) mass is 140 g/mol. The zero-order valence-electron chi connectivity index (χ0n) is 6.39. The van der Waals surface area contributed by atoms with Gasteiger partial charge in [-0.2, -0.15) is 0 Å². The molecule has 2 heteroatoms. The van der Waals surface area contributed by atoms with Crippen molar-refractivity contribution >= 4 is 11.6 Å². The predicted molar refractivity (Wildman–Crippen MR) is 39.7 cm³/mol. The summed E-state index contributed by atoms with van der Waals surface area (Å²) in [5, 5.41) is 0. The second-order valence-electron chi connectivity index (χ2n) is 2.17. The Morgan fingerprint density at radius 2 is 1.90 bits per heavy atom. The van der Waals surface area contributed by atoms with Crippen molar-refractivity contribution in [2.45, 2.75) is 26.7 Å². The Kier molecular flexibility index (Phi) is 4.46. The highest BCUT2D eigenvalue weighted by atomic mass is 16.1. The molecule has 0 saturated carbocycles. The van der Waals surface area contributed by atoms with Gasteiger partial charge in [0, 0.05) is 12.8 Å². The first kappa shape index (κ1) is 9.08. The molecule has 10 heavy (non-hydrogen) atoms. The maximum atomic E-state index is 10.7. The van der Waals surface area contributed by atoms with E-state index in [1.807, 2.05) is 0 Å². The fraction of sp³-hybridized carbons (Fsp3) is 0.500. The van der Waals surface area contributed by atoms with Crippen LogP contribution in [0.1, 0.15) is 26.7 Å². The van der Waals surface area contributed by atoms with E-state index in [1.165, 1.54) is 13.0 Å². The van der Waals surface area contributed by atoms with Crippen molar-refractivity contribution in [3.63, 3.8) is 0 Å². The lowest BCUT2D eigenvalue weighted by molar-refractivity contribution is -0.120. The number of carbonyl (C=O) groups excluding carboxylic acids is 2.